The predicted molar refractivity (Wildman–Crippen MR) is 66.8 cm³/mol. The van der Waals surface area contributed by atoms with Gasteiger partial charge in [-0.1, -0.05) is 0 Å². The molecule has 0 heterocycles. The summed E-state index contributed by atoms with van der Waals surface area (Å²) in [4.78, 5) is 11.7. The van der Waals surface area contributed by atoms with E-state index < -0.39 is 15.8 Å². The molecule has 0 saturated heterocycles. The lowest BCUT2D eigenvalue weighted by atomic mass is 9.89. The fourth-order valence-corrected chi connectivity index (χ4v) is 2.71. The molecule has 0 aromatic heterocycles. The number of benzene rings is 1. The Morgan fingerprint density at radius 1 is 1.33 bits per heavy atom. The minimum Gasteiger partial charge on any atom is -0.294 e. The average Bonchev–Trinajstić information content (AvgIpc) is 2.30. The second-order valence-corrected chi connectivity index (χ2v) is 6.27. The fraction of sp³-hybridized carbons (Fsp3) is 0.417. The molecule has 0 bridgehead atoms. The largest absolute Gasteiger partial charge is 0.294 e. The Morgan fingerprint density at radius 2 is 2.06 bits per heavy atom. The van der Waals surface area contributed by atoms with Crippen LogP contribution < -0.4 is 4.72 Å². The van der Waals surface area contributed by atoms with E-state index >= 15 is 0 Å². The molecular formula is C12H14FNO3S. The van der Waals surface area contributed by atoms with Crippen molar-refractivity contribution in [3.63, 3.8) is 0 Å². The van der Waals surface area contributed by atoms with Crippen molar-refractivity contribution in [3.8, 4) is 0 Å². The van der Waals surface area contributed by atoms with Crippen LogP contribution in [0.5, 0.6) is 0 Å². The lowest BCUT2D eigenvalue weighted by molar-refractivity contribution is 0.0972. The van der Waals surface area contributed by atoms with Crippen LogP contribution in [0.2, 0.25) is 0 Å². The molecule has 0 unspecified atom stereocenters. The van der Waals surface area contributed by atoms with E-state index in [9.17, 15) is 17.6 Å². The number of ketones is 1. The molecule has 1 aliphatic carbocycles. The van der Waals surface area contributed by atoms with Crippen LogP contribution in [0, 0.1) is 5.82 Å². The van der Waals surface area contributed by atoms with E-state index in [2.05, 4.69) is 4.72 Å². The van der Waals surface area contributed by atoms with Gasteiger partial charge in [-0.3, -0.25) is 9.52 Å². The molecule has 1 aromatic carbocycles. The number of carbonyl (C=O) groups excluding carboxylic acids is 1. The van der Waals surface area contributed by atoms with Crippen LogP contribution in [0.15, 0.2) is 12.1 Å². The van der Waals surface area contributed by atoms with Gasteiger partial charge in [0.1, 0.15) is 5.82 Å². The van der Waals surface area contributed by atoms with Crippen molar-refractivity contribution in [1.29, 1.82) is 0 Å². The van der Waals surface area contributed by atoms with Gasteiger partial charge in [0.2, 0.25) is 10.0 Å². The van der Waals surface area contributed by atoms with Gasteiger partial charge >= 0.3 is 0 Å². The minimum atomic E-state index is -3.47. The monoisotopic (exact) mass is 271 g/mol. The smallest absolute Gasteiger partial charge is 0.232 e. The number of halogens is 1. The maximum absolute atomic E-state index is 13.4. The molecule has 1 aliphatic rings. The molecule has 4 nitrogen and oxygen atoms in total. The Labute approximate surface area is 105 Å². The molecule has 0 fully saturated rings. The van der Waals surface area contributed by atoms with Crippen molar-refractivity contribution in [2.75, 3.05) is 10.5 Å². The van der Waals surface area contributed by atoms with E-state index in [1.807, 2.05) is 0 Å². The number of rotatable bonds is 3. The summed E-state index contributed by atoms with van der Waals surface area (Å²) in [6.07, 6.45) is 1.64. The van der Waals surface area contributed by atoms with Gasteiger partial charge in [-0.05, 0) is 37.5 Å². The Morgan fingerprint density at radius 3 is 2.72 bits per heavy atom. The van der Waals surface area contributed by atoms with Crippen molar-refractivity contribution in [2.45, 2.75) is 26.2 Å². The number of nitrogens with one attached hydrogen (secondary N) is 1. The van der Waals surface area contributed by atoms with Crippen molar-refractivity contribution in [2.24, 2.45) is 0 Å². The van der Waals surface area contributed by atoms with E-state index in [1.54, 1.807) is 0 Å². The Balaban J connectivity index is 2.51. The number of hydrogen-bond donors (Lipinski definition) is 1. The highest BCUT2D eigenvalue weighted by molar-refractivity contribution is 7.92. The van der Waals surface area contributed by atoms with Crippen molar-refractivity contribution < 1.29 is 17.6 Å². The summed E-state index contributed by atoms with van der Waals surface area (Å²) in [5, 5.41) is 0. The van der Waals surface area contributed by atoms with Gasteiger partial charge in [0.15, 0.2) is 5.78 Å². The third-order valence-electron chi connectivity index (χ3n) is 2.99. The summed E-state index contributed by atoms with van der Waals surface area (Å²) in [5.41, 5.74) is 1.10. The molecule has 18 heavy (non-hydrogen) atoms. The highest BCUT2D eigenvalue weighted by atomic mass is 32.2. The van der Waals surface area contributed by atoms with Gasteiger partial charge < -0.3 is 0 Å². The maximum Gasteiger partial charge on any atom is 0.232 e. The van der Waals surface area contributed by atoms with Crippen molar-refractivity contribution >= 4 is 21.5 Å². The zero-order valence-electron chi connectivity index (χ0n) is 9.99. The van der Waals surface area contributed by atoms with Crippen molar-refractivity contribution in [1.82, 2.24) is 0 Å². The summed E-state index contributed by atoms with van der Waals surface area (Å²) in [5.74, 6) is -0.822. The van der Waals surface area contributed by atoms with Crippen LogP contribution in [0.25, 0.3) is 0 Å². The number of carbonyl (C=O) groups is 1. The van der Waals surface area contributed by atoms with E-state index in [4.69, 9.17) is 0 Å². The summed E-state index contributed by atoms with van der Waals surface area (Å²) < 4.78 is 38.8. The number of Topliss-reactive ketones (excluding diaryl/α,β-unsaturated/α-hetero) is 1. The summed E-state index contributed by atoms with van der Waals surface area (Å²) in [6, 6.07) is 2.31. The second kappa shape index (κ2) is 4.68. The topological polar surface area (TPSA) is 63.2 Å². The molecule has 0 atom stereocenters. The lowest BCUT2D eigenvalue weighted by Crippen LogP contribution is -2.19. The predicted octanol–water partition coefficient (Wildman–Crippen LogP) is 2.11. The zero-order valence-corrected chi connectivity index (χ0v) is 10.8. The Hall–Kier alpha value is -1.43. The summed E-state index contributed by atoms with van der Waals surface area (Å²) in [6.45, 7) is 1.50. The second-order valence-electron chi connectivity index (χ2n) is 4.26. The molecule has 6 heteroatoms. The van der Waals surface area contributed by atoms with Gasteiger partial charge in [0, 0.05) is 12.0 Å². The SMILES string of the molecule is CCS(=O)(=O)Nc1cc(F)cc2c1CCCC2=O. The van der Waals surface area contributed by atoms with E-state index in [-0.39, 0.29) is 17.2 Å². The number of sulfonamides is 1. The van der Waals surface area contributed by atoms with Gasteiger partial charge in [-0.2, -0.15) is 0 Å². The molecular weight excluding hydrogens is 257 g/mol. The average molecular weight is 271 g/mol. The van der Waals surface area contributed by atoms with Gasteiger partial charge in [0.05, 0.1) is 11.4 Å². The molecule has 2 rings (SSSR count). The first-order valence-corrected chi connectivity index (χ1v) is 7.44. The lowest BCUT2D eigenvalue weighted by Gasteiger charge is -2.19. The Bertz CT molecular complexity index is 596. The molecule has 0 radical (unpaired) electrons. The Kier molecular flexibility index (Phi) is 3.38. The van der Waals surface area contributed by atoms with E-state index in [0.717, 1.165) is 6.07 Å². The van der Waals surface area contributed by atoms with Crippen LogP contribution in [-0.4, -0.2) is 20.0 Å². The normalized spacial score (nSPS) is 15.3. The third-order valence-corrected chi connectivity index (χ3v) is 4.28. The zero-order chi connectivity index (χ0) is 13.3. The van der Waals surface area contributed by atoms with Gasteiger partial charge in [0.25, 0.3) is 0 Å². The van der Waals surface area contributed by atoms with Crippen LogP contribution in [0.1, 0.15) is 35.7 Å². The molecule has 0 amide bonds. The van der Waals surface area contributed by atoms with Crippen LogP contribution in [0.3, 0.4) is 0 Å². The number of fused-ring (bicyclic) bond motifs is 1. The standard InChI is InChI=1S/C12H14FNO3S/c1-2-18(16,17)14-11-7-8(13)6-10-9(11)4-3-5-12(10)15/h6-7,14H,2-5H2,1H3. The fourth-order valence-electron chi connectivity index (χ4n) is 2.05. The van der Waals surface area contributed by atoms with E-state index in [0.29, 0.717) is 30.4 Å². The maximum atomic E-state index is 13.4. The first-order valence-electron chi connectivity index (χ1n) is 5.79. The minimum absolute atomic E-state index is 0.0910. The van der Waals surface area contributed by atoms with Crippen LogP contribution in [0.4, 0.5) is 10.1 Å². The highest BCUT2D eigenvalue weighted by Gasteiger charge is 2.22. The molecule has 0 aliphatic heterocycles. The highest BCUT2D eigenvalue weighted by Crippen LogP contribution is 2.29. The van der Waals surface area contributed by atoms with Gasteiger partial charge in [-0.15, -0.1) is 0 Å². The molecule has 98 valence electrons. The van der Waals surface area contributed by atoms with E-state index in [1.165, 1.54) is 13.0 Å². The molecule has 1 N–H and O–H groups in total. The quantitative estimate of drug-likeness (QED) is 0.915. The summed E-state index contributed by atoms with van der Waals surface area (Å²) in [7, 11) is -3.47. The summed E-state index contributed by atoms with van der Waals surface area (Å²) >= 11 is 0. The molecule has 0 saturated carbocycles. The first kappa shape index (κ1) is 13.0. The third kappa shape index (κ3) is 2.53. The van der Waals surface area contributed by atoms with Crippen molar-refractivity contribution in [3.05, 3.63) is 29.1 Å². The number of hydrogen-bond acceptors (Lipinski definition) is 3. The molecule has 1 aromatic rings. The van der Waals surface area contributed by atoms with Crippen LogP contribution >= 0.6 is 0 Å². The first-order chi connectivity index (χ1) is 8.43. The van der Waals surface area contributed by atoms with Gasteiger partial charge in [-0.25, -0.2) is 12.8 Å². The van der Waals surface area contributed by atoms with Crippen LogP contribution in [-0.2, 0) is 16.4 Å². The number of anilines is 1. The molecule has 0 spiro atoms.